The second-order valence-electron chi connectivity index (χ2n) is 6.87. The van der Waals surface area contributed by atoms with Gasteiger partial charge in [0.1, 0.15) is 11.6 Å². The van der Waals surface area contributed by atoms with Gasteiger partial charge in [-0.25, -0.2) is 5.43 Å². The van der Waals surface area contributed by atoms with E-state index in [0.29, 0.717) is 17.1 Å². The van der Waals surface area contributed by atoms with E-state index in [1.165, 1.54) is 18.0 Å². The maximum absolute atomic E-state index is 12.3. The predicted octanol–water partition coefficient (Wildman–Crippen LogP) is 3.81. The molecule has 0 atom stereocenters. The first kappa shape index (κ1) is 21.3. The van der Waals surface area contributed by atoms with Crippen LogP contribution in [0.3, 0.4) is 0 Å². The Hall–Kier alpha value is -3.91. The maximum atomic E-state index is 12.3. The number of hydrazone groups is 1. The van der Waals surface area contributed by atoms with Crippen molar-refractivity contribution in [3.63, 3.8) is 0 Å². The molecule has 0 aliphatic rings. The predicted molar refractivity (Wildman–Crippen MR) is 125 cm³/mol. The highest BCUT2D eigenvalue weighted by Gasteiger charge is 2.16. The van der Waals surface area contributed by atoms with Crippen molar-refractivity contribution >= 4 is 23.9 Å². The molecule has 0 saturated heterocycles. The number of carbonyl (C=O) groups is 1. The Kier molecular flexibility index (Phi) is 6.94. The number of para-hydroxylation sites is 2. The van der Waals surface area contributed by atoms with Gasteiger partial charge in [-0.1, -0.05) is 72.4 Å². The highest BCUT2D eigenvalue weighted by Crippen LogP contribution is 2.23. The van der Waals surface area contributed by atoms with Gasteiger partial charge in [0.25, 0.3) is 5.91 Å². The average Bonchev–Trinajstić information content (AvgIpc) is 3.22. The van der Waals surface area contributed by atoms with Crippen molar-refractivity contribution in [3.8, 4) is 11.4 Å². The largest absolute Gasteiger partial charge is 0.507 e. The molecule has 7 nitrogen and oxygen atoms in total. The Balaban J connectivity index is 1.46. The third-order valence-electron chi connectivity index (χ3n) is 4.58. The number of hydrogen-bond acceptors (Lipinski definition) is 6. The van der Waals surface area contributed by atoms with Crippen LogP contribution in [0.1, 0.15) is 17.0 Å². The minimum atomic E-state index is -0.283. The number of nitrogens with one attached hydrogen (secondary N) is 1. The van der Waals surface area contributed by atoms with Gasteiger partial charge in [-0.05, 0) is 29.8 Å². The van der Waals surface area contributed by atoms with E-state index in [2.05, 4.69) is 20.7 Å². The minimum Gasteiger partial charge on any atom is -0.507 e. The number of amides is 1. The van der Waals surface area contributed by atoms with E-state index >= 15 is 0 Å². The van der Waals surface area contributed by atoms with Gasteiger partial charge in [-0.2, -0.15) is 5.10 Å². The summed E-state index contributed by atoms with van der Waals surface area (Å²) in [5.74, 6) is 0.729. The molecular formula is C24H21N5O2S. The van der Waals surface area contributed by atoms with Crippen molar-refractivity contribution in [3.05, 3.63) is 102 Å². The number of hydrogen-bond donors (Lipinski definition) is 2. The van der Waals surface area contributed by atoms with Crippen LogP contribution in [-0.4, -0.2) is 37.7 Å². The van der Waals surface area contributed by atoms with E-state index in [-0.39, 0.29) is 17.4 Å². The molecule has 0 bridgehead atoms. The Labute approximate surface area is 189 Å². The Morgan fingerprint density at radius 2 is 1.66 bits per heavy atom. The fraction of sp³-hybridized carbons (Fsp3) is 0.0833. The molecule has 0 spiro atoms. The van der Waals surface area contributed by atoms with Crippen molar-refractivity contribution in [2.24, 2.45) is 5.10 Å². The molecule has 2 N–H and O–H groups in total. The summed E-state index contributed by atoms with van der Waals surface area (Å²) in [6.45, 7) is 0. The van der Waals surface area contributed by atoms with Gasteiger partial charge in [0.2, 0.25) is 0 Å². The molecule has 0 fully saturated rings. The number of nitrogens with zero attached hydrogens (tertiary/aromatic N) is 4. The van der Waals surface area contributed by atoms with Crippen molar-refractivity contribution in [1.82, 2.24) is 20.2 Å². The summed E-state index contributed by atoms with van der Waals surface area (Å²) in [4.78, 5) is 12.3. The van der Waals surface area contributed by atoms with Crippen LogP contribution in [0.25, 0.3) is 5.69 Å². The van der Waals surface area contributed by atoms with Crippen molar-refractivity contribution in [1.29, 1.82) is 0 Å². The van der Waals surface area contributed by atoms with Gasteiger partial charge in [0, 0.05) is 17.7 Å². The molecule has 1 heterocycles. The van der Waals surface area contributed by atoms with Gasteiger partial charge < -0.3 is 5.11 Å². The van der Waals surface area contributed by atoms with Crippen LogP contribution in [-0.2, 0) is 11.2 Å². The summed E-state index contributed by atoms with van der Waals surface area (Å²) in [7, 11) is 0. The average molecular weight is 444 g/mol. The topological polar surface area (TPSA) is 92.4 Å². The van der Waals surface area contributed by atoms with Crippen molar-refractivity contribution in [2.45, 2.75) is 11.6 Å². The van der Waals surface area contributed by atoms with E-state index in [1.54, 1.807) is 24.3 Å². The van der Waals surface area contributed by atoms with Gasteiger partial charge in [-0.3, -0.25) is 9.36 Å². The van der Waals surface area contributed by atoms with Crippen LogP contribution in [0.4, 0.5) is 0 Å². The normalized spacial score (nSPS) is 11.0. The second kappa shape index (κ2) is 10.4. The second-order valence-corrected chi connectivity index (χ2v) is 7.82. The summed E-state index contributed by atoms with van der Waals surface area (Å²) in [6, 6.07) is 26.7. The summed E-state index contributed by atoms with van der Waals surface area (Å²) in [6.07, 6.45) is 2.03. The Morgan fingerprint density at radius 3 is 2.41 bits per heavy atom. The number of aromatic hydroxyl groups is 1. The molecule has 0 aliphatic carbocycles. The highest BCUT2D eigenvalue weighted by atomic mass is 32.2. The number of phenols is 1. The van der Waals surface area contributed by atoms with Gasteiger partial charge in [0.05, 0.1) is 12.0 Å². The zero-order chi connectivity index (χ0) is 22.2. The van der Waals surface area contributed by atoms with E-state index in [9.17, 15) is 9.90 Å². The first-order chi connectivity index (χ1) is 15.7. The number of phenolic OH excluding ortho intramolecular Hbond substituents is 1. The van der Waals surface area contributed by atoms with Crippen LogP contribution in [0, 0.1) is 0 Å². The molecular weight excluding hydrogens is 422 g/mol. The van der Waals surface area contributed by atoms with Crippen LogP contribution < -0.4 is 5.43 Å². The van der Waals surface area contributed by atoms with E-state index in [1.807, 2.05) is 65.2 Å². The molecule has 1 amide bonds. The molecule has 0 aliphatic heterocycles. The summed E-state index contributed by atoms with van der Waals surface area (Å²) in [5, 5.41) is 23.0. The fourth-order valence-electron chi connectivity index (χ4n) is 3.06. The minimum absolute atomic E-state index is 0.0989. The monoisotopic (exact) mass is 443 g/mol. The summed E-state index contributed by atoms with van der Waals surface area (Å²) >= 11 is 1.28. The molecule has 0 unspecified atom stereocenters. The van der Waals surface area contributed by atoms with Crippen molar-refractivity contribution < 1.29 is 9.90 Å². The van der Waals surface area contributed by atoms with Gasteiger partial charge in [0.15, 0.2) is 5.16 Å². The maximum Gasteiger partial charge on any atom is 0.250 e. The van der Waals surface area contributed by atoms with E-state index in [0.717, 1.165) is 17.1 Å². The number of benzene rings is 3. The highest BCUT2D eigenvalue weighted by molar-refractivity contribution is 7.99. The summed E-state index contributed by atoms with van der Waals surface area (Å²) in [5.41, 5.74) is 5.06. The molecule has 160 valence electrons. The van der Waals surface area contributed by atoms with E-state index < -0.39 is 0 Å². The third-order valence-corrected chi connectivity index (χ3v) is 5.51. The van der Waals surface area contributed by atoms with Crippen LogP contribution in [0.15, 0.2) is 95.2 Å². The Bertz CT molecular complexity index is 1210. The van der Waals surface area contributed by atoms with Crippen LogP contribution in [0.5, 0.6) is 5.75 Å². The van der Waals surface area contributed by atoms with Crippen molar-refractivity contribution in [2.75, 3.05) is 5.75 Å². The smallest absolute Gasteiger partial charge is 0.250 e. The quantitative estimate of drug-likeness (QED) is 0.245. The molecule has 4 rings (SSSR count). The standard InChI is InChI=1S/C24H21N5O2S/c30-21-14-8-7-11-19(21)16-25-27-23(31)17-32-24-28-26-22(15-18-9-3-1-4-10-18)29(24)20-12-5-2-6-13-20/h1-14,16,30H,15,17H2,(H,27,31)/b25-16+. The molecule has 0 radical (unpaired) electrons. The molecule has 0 saturated carbocycles. The molecule has 4 aromatic rings. The number of thioether (sulfide) groups is 1. The van der Waals surface area contributed by atoms with Crippen LogP contribution >= 0.6 is 11.8 Å². The SMILES string of the molecule is O=C(CSc1nnc(Cc2ccccc2)n1-c1ccccc1)N/N=C/c1ccccc1O. The lowest BCUT2D eigenvalue weighted by atomic mass is 10.1. The van der Waals surface area contributed by atoms with Gasteiger partial charge >= 0.3 is 0 Å². The van der Waals surface area contributed by atoms with Crippen LogP contribution in [0.2, 0.25) is 0 Å². The zero-order valence-electron chi connectivity index (χ0n) is 17.1. The molecule has 3 aromatic carbocycles. The number of carbonyl (C=O) groups excluding carboxylic acids is 1. The van der Waals surface area contributed by atoms with Gasteiger partial charge in [-0.15, -0.1) is 10.2 Å². The number of rotatable bonds is 8. The molecule has 8 heteroatoms. The lowest BCUT2D eigenvalue weighted by Crippen LogP contribution is -2.20. The Morgan fingerprint density at radius 1 is 0.969 bits per heavy atom. The fourth-order valence-corrected chi connectivity index (χ4v) is 3.82. The first-order valence-corrected chi connectivity index (χ1v) is 11.0. The third kappa shape index (κ3) is 5.41. The van der Waals surface area contributed by atoms with E-state index in [4.69, 9.17) is 0 Å². The lowest BCUT2D eigenvalue weighted by molar-refractivity contribution is -0.118. The first-order valence-electron chi connectivity index (χ1n) is 9.97. The molecule has 32 heavy (non-hydrogen) atoms. The molecule has 1 aromatic heterocycles. The summed E-state index contributed by atoms with van der Waals surface area (Å²) < 4.78 is 1.97. The zero-order valence-corrected chi connectivity index (χ0v) is 17.9. The lowest BCUT2D eigenvalue weighted by Gasteiger charge is -2.10. The number of aromatic nitrogens is 3.